The van der Waals surface area contributed by atoms with Crippen LogP contribution >= 0.6 is 0 Å². The van der Waals surface area contributed by atoms with Gasteiger partial charge in [0.1, 0.15) is 0 Å². The molecule has 1 saturated carbocycles. The van der Waals surface area contributed by atoms with Gasteiger partial charge in [-0.05, 0) is 49.3 Å². The number of rotatable bonds is 5. The van der Waals surface area contributed by atoms with Gasteiger partial charge in [-0.2, -0.15) is 0 Å². The first kappa shape index (κ1) is 15.9. The van der Waals surface area contributed by atoms with Gasteiger partial charge in [0.15, 0.2) is 0 Å². The summed E-state index contributed by atoms with van der Waals surface area (Å²) in [6.45, 7) is 5.07. The number of amides is 1. The normalized spacial score (nSPS) is 23.5. The van der Waals surface area contributed by atoms with Crippen molar-refractivity contribution in [3.8, 4) is 0 Å². The minimum absolute atomic E-state index is 0.101. The second-order valence-electron chi connectivity index (χ2n) is 6.61. The number of hydrogen-bond acceptors (Lipinski definition) is 2. The molecular formula is C18H28N2O. The minimum Gasteiger partial charge on any atom is -0.399 e. The molecule has 0 radical (unpaired) electrons. The smallest absolute Gasteiger partial charge is 0.227 e. The Morgan fingerprint density at radius 1 is 1.43 bits per heavy atom. The predicted molar refractivity (Wildman–Crippen MR) is 88.0 cm³/mol. The minimum atomic E-state index is -0.140. The molecule has 1 aliphatic rings. The van der Waals surface area contributed by atoms with Crippen LogP contribution in [0.3, 0.4) is 0 Å². The Kier molecular flexibility index (Phi) is 5.66. The van der Waals surface area contributed by atoms with Crippen molar-refractivity contribution in [1.82, 2.24) is 5.32 Å². The van der Waals surface area contributed by atoms with Gasteiger partial charge in [-0.1, -0.05) is 38.3 Å². The van der Waals surface area contributed by atoms with Gasteiger partial charge in [-0.3, -0.25) is 4.79 Å². The number of nitrogens with two attached hydrogens (primary N) is 1. The average Bonchev–Trinajstić information content (AvgIpc) is 2.46. The lowest BCUT2D eigenvalue weighted by molar-refractivity contribution is -0.122. The van der Waals surface area contributed by atoms with Crippen molar-refractivity contribution in [3.63, 3.8) is 0 Å². The van der Waals surface area contributed by atoms with Gasteiger partial charge in [0, 0.05) is 12.2 Å². The van der Waals surface area contributed by atoms with Crippen molar-refractivity contribution >= 4 is 11.6 Å². The Morgan fingerprint density at radius 3 is 2.95 bits per heavy atom. The highest BCUT2D eigenvalue weighted by Gasteiger charge is 2.19. The fraction of sp³-hybridized carbons (Fsp3) is 0.611. The molecule has 3 atom stereocenters. The largest absolute Gasteiger partial charge is 0.399 e. The Bertz CT molecular complexity index is 472. The van der Waals surface area contributed by atoms with E-state index < -0.39 is 0 Å². The third kappa shape index (κ3) is 4.76. The number of carbonyl (C=O) groups is 1. The van der Waals surface area contributed by atoms with Crippen molar-refractivity contribution in [2.75, 3.05) is 12.3 Å². The van der Waals surface area contributed by atoms with E-state index in [1.54, 1.807) is 0 Å². The summed E-state index contributed by atoms with van der Waals surface area (Å²) in [6.07, 6.45) is 6.47. The van der Waals surface area contributed by atoms with Crippen LogP contribution in [0.4, 0.5) is 5.69 Å². The summed E-state index contributed by atoms with van der Waals surface area (Å²) in [5, 5.41) is 3.08. The summed E-state index contributed by atoms with van der Waals surface area (Å²) >= 11 is 0. The van der Waals surface area contributed by atoms with Crippen LogP contribution in [0.1, 0.15) is 57.4 Å². The molecule has 21 heavy (non-hydrogen) atoms. The molecule has 0 heterocycles. The molecule has 3 nitrogen and oxygen atoms in total. The van der Waals surface area contributed by atoms with Crippen LogP contribution in [0.25, 0.3) is 0 Å². The monoisotopic (exact) mass is 288 g/mol. The zero-order valence-corrected chi connectivity index (χ0v) is 13.3. The Balaban J connectivity index is 1.76. The van der Waals surface area contributed by atoms with Gasteiger partial charge in [0.25, 0.3) is 0 Å². The van der Waals surface area contributed by atoms with Crippen LogP contribution in [-0.2, 0) is 4.79 Å². The average molecular weight is 288 g/mol. The molecule has 116 valence electrons. The molecule has 1 aliphatic carbocycles. The number of anilines is 1. The van der Waals surface area contributed by atoms with Crippen LogP contribution < -0.4 is 11.1 Å². The van der Waals surface area contributed by atoms with E-state index in [4.69, 9.17) is 5.73 Å². The van der Waals surface area contributed by atoms with Crippen molar-refractivity contribution in [2.45, 2.75) is 51.9 Å². The summed E-state index contributed by atoms with van der Waals surface area (Å²) in [4.78, 5) is 12.2. The predicted octanol–water partition coefficient (Wildman–Crippen LogP) is 3.70. The van der Waals surface area contributed by atoms with E-state index in [2.05, 4.69) is 12.2 Å². The van der Waals surface area contributed by atoms with E-state index in [0.717, 1.165) is 30.4 Å². The van der Waals surface area contributed by atoms with Crippen molar-refractivity contribution < 1.29 is 4.79 Å². The zero-order chi connectivity index (χ0) is 15.2. The third-order valence-corrected chi connectivity index (χ3v) is 4.70. The zero-order valence-electron chi connectivity index (χ0n) is 13.3. The summed E-state index contributed by atoms with van der Waals surface area (Å²) in [5.41, 5.74) is 7.47. The fourth-order valence-electron chi connectivity index (χ4n) is 3.35. The molecule has 1 fully saturated rings. The number of nitrogen functional groups attached to an aromatic ring is 1. The van der Waals surface area contributed by atoms with E-state index in [-0.39, 0.29) is 11.8 Å². The molecule has 0 saturated heterocycles. The van der Waals surface area contributed by atoms with E-state index in [1.165, 1.54) is 25.7 Å². The molecule has 0 bridgehead atoms. The Morgan fingerprint density at radius 2 is 2.24 bits per heavy atom. The van der Waals surface area contributed by atoms with Crippen LogP contribution in [0.2, 0.25) is 0 Å². The maximum atomic E-state index is 12.2. The molecule has 0 spiro atoms. The summed E-state index contributed by atoms with van der Waals surface area (Å²) < 4.78 is 0. The van der Waals surface area contributed by atoms with Crippen LogP contribution in [-0.4, -0.2) is 12.5 Å². The highest BCUT2D eigenvalue weighted by Crippen LogP contribution is 2.30. The molecule has 0 aliphatic heterocycles. The van der Waals surface area contributed by atoms with Crippen molar-refractivity contribution in [3.05, 3.63) is 29.8 Å². The standard InChI is InChI=1S/C18H28N2O/c1-13-5-3-6-15(11-13)9-10-20-18(21)14(2)16-7-4-8-17(19)12-16/h4,7-8,12-15H,3,5-6,9-11,19H2,1-2H3,(H,20,21). The quantitative estimate of drug-likeness (QED) is 0.812. The van der Waals surface area contributed by atoms with Crippen molar-refractivity contribution in [1.29, 1.82) is 0 Å². The molecule has 1 aromatic rings. The van der Waals surface area contributed by atoms with Crippen LogP contribution in [0, 0.1) is 11.8 Å². The van der Waals surface area contributed by atoms with E-state index in [0.29, 0.717) is 5.69 Å². The van der Waals surface area contributed by atoms with Gasteiger partial charge >= 0.3 is 0 Å². The molecule has 3 unspecified atom stereocenters. The van der Waals surface area contributed by atoms with E-state index in [1.807, 2.05) is 31.2 Å². The summed E-state index contributed by atoms with van der Waals surface area (Å²) in [5.74, 6) is 1.60. The number of hydrogen-bond donors (Lipinski definition) is 2. The topological polar surface area (TPSA) is 55.1 Å². The van der Waals surface area contributed by atoms with Crippen LogP contribution in [0.15, 0.2) is 24.3 Å². The Hall–Kier alpha value is -1.51. The molecule has 2 rings (SSSR count). The Labute approximate surface area is 128 Å². The van der Waals surface area contributed by atoms with E-state index in [9.17, 15) is 4.79 Å². The van der Waals surface area contributed by atoms with Gasteiger partial charge in [-0.25, -0.2) is 0 Å². The first-order valence-electron chi connectivity index (χ1n) is 8.19. The van der Waals surface area contributed by atoms with Gasteiger partial charge in [-0.15, -0.1) is 0 Å². The first-order valence-corrected chi connectivity index (χ1v) is 8.19. The highest BCUT2D eigenvalue weighted by molar-refractivity contribution is 5.83. The first-order chi connectivity index (χ1) is 10.1. The fourth-order valence-corrected chi connectivity index (χ4v) is 3.35. The molecular weight excluding hydrogens is 260 g/mol. The molecule has 3 N–H and O–H groups in total. The maximum absolute atomic E-state index is 12.2. The third-order valence-electron chi connectivity index (χ3n) is 4.70. The summed E-state index contributed by atoms with van der Waals surface area (Å²) in [6, 6.07) is 7.59. The molecule has 3 heteroatoms. The number of carbonyl (C=O) groups excluding carboxylic acids is 1. The second kappa shape index (κ2) is 7.48. The lowest BCUT2D eigenvalue weighted by Crippen LogP contribution is -2.30. The summed E-state index contributed by atoms with van der Waals surface area (Å²) in [7, 11) is 0. The van der Waals surface area contributed by atoms with Gasteiger partial charge < -0.3 is 11.1 Å². The SMILES string of the molecule is CC1CCCC(CCNC(=O)C(C)c2cccc(N)c2)C1. The van der Waals surface area contributed by atoms with E-state index >= 15 is 0 Å². The van der Waals surface area contributed by atoms with Gasteiger partial charge in [0.2, 0.25) is 5.91 Å². The number of benzene rings is 1. The molecule has 1 aromatic carbocycles. The lowest BCUT2D eigenvalue weighted by atomic mass is 9.81. The van der Waals surface area contributed by atoms with Crippen molar-refractivity contribution in [2.24, 2.45) is 11.8 Å². The second-order valence-corrected chi connectivity index (χ2v) is 6.61. The van der Waals surface area contributed by atoms with Gasteiger partial charge in [0.05, 0.1) is 5.92 Å². The number of nitrogens with one attached hydrogen (secondary N) is 1. The molecule has 1 amide bonds. The lowest BCUT2D eigenvalue weighted by Gasteiger charge is -2.26. The maximum Gasteiger partial charge on any atom is 0.227 e. The highest BCUT2D eigenvalue weighted by atomic mass is 16.1. The molecule has 0 aromatic heterocycles. The van der Waals surface area contributed by atoms with Crippen LogP contribution in [0.5, 0.6) is 0 Å².